The van der Waals surface area contributed by atoms with Crippen molar-refractivity contribution in [3.63, 3.8) is 0 Å². The minimum Gasteiger partial charge on any atom is -0.378 e. The van der Waals surface area contributed by atoms with Gasteiger partial charge >= 0.3 is 0 Å². The number of ether oxygens (including phenoxy) is 2. The van der Waals surface area contributed by atoms with E-state index in [1.165, 1.54) is 76.3 Å². The van der Waals surface area contributed by atoms with Gasteiger partial charge in [0, 0.05) is 38.9 Å². The van der Waals surface area contributed by atoms with Crippen LogP contribution in [0.1, 0.15) is 103 Å². The summed E-state index contributed by atoms with van der Waals surface area (Å²) >= 11 is 0. The lowest BCUT2D eigenvalue weighted by atomic mass is 9.37. The average molecular weight is 518 g/mol. The Balaban J connectivity index is 0.00000118. The summed E-state index contributed by atoms with van der Waals surface area (Å²) in [6.45, 7) is 8.48. The number of nitrogens with zero attached hydrogens (tertiary/aromatic N) is 1. The van der Waals surface area contributed by atoms with E-state index in [0.29, 0.717) is 11.3 Å². The summed E-state index contributed by atoms with van der Waals surface area (Å²) in [6.07, 6.45) is 14.8. The molecule has 38 heavy (non-hydrogen) atoms. The minimum absolute atomic E-state index is 0.174. The van der Waals surface area contributed by atoms with Gasteiger partial charge in [-0.25, -0.2) is 0 Å². The van der Waals surface area contributed by atoms with Crippen LogP contribution in [0.2, 0.25) is 0 Å². The molecule has 1 aromatic rings. The Morgan fingerprint density at radius 2 is 1.63 bits per heavy atom. The zero-order valence-corrected chi connectivity index (χ0v) is 24.7. The Labute approximate surface area is 231 Å². The van der Waals surface area contributed by atoms with E-state index >= 15 is 0 Å². The highest BCUT2D eigenvalue weighted by atomic mass is 16.5. The molecule has 1 aromatic carbocycles. The number of rotatable bonds is 2. The molecule has 0 aromatic heterocycles. The predicted octanol–water partition coefficient (Wildman–Crippen LogP) is 8.14. The first-order chi connectivity index (χ1) is 18.5. The van der Waals surface area contributed by atoms with Crippen LogP contribution in [0.3, 0.4) is 0 Å². The monoisotopic (exact) mass is 517 g/mol. The molecule has 0 bridgehead atoms. The highest BCUT2D eigenvalue weighted by molar-refractivity contribution is 5.50. The first-order valence-electron chi connectivity index (χ1n) is 16.2. The number of anilines is 1. The van der Waals surface area contributed by atoms with E-state index in [4.69, 9.17) is 9.47 Å². The molecule has 3 heteroatoms. The molecule has 8 rings (SSSR count). The van der Waals surface area contributed by atoms with Crippen molar-refractivity contribution in [2.45, 2.75) is 109 Å². The van der Waals surface area contributed by atoms with E-state index in [-0.39, 0.29) is 11.2 Å². The van der Waals surface area contributed by atoms with Gasteiger partial charge in [-0.1, -0.05) is 37.1 Å². The van der Waals surface area contributed by atoms with E-state index < -0.39 is 0 Å². The maximum absolute atomic E-state index is 6.52. The number of benzene rings is 1. The Hall–Kier alpha value is -1.32. The number of fused-ring (bicyclic) bond motifs is 5. The molecule has 0 N–H and O–H groups in total. The molecule has 2 saturated heterocycles. The van der Waals surface area contributed by atoms with Gasteiger partial charge in [0.1, 0.15) is 0 Å². The second-order valence-corrected chi connectivity index (χ2v) is 14.2. The van der Waals surface area contributed by atoms with Crippen molar-refractivity contribution in [3.8, 4) is 0 Å². The lowest BCUT2D eigenvalue weighted by molar-refractivity contribution is -0.237. The van der Waals surface area contributed by atoms with Gasteiger partial charge < -0.3 is 14.4 Å². The van der Waals surface area contributed by atoms with Crippen molar-refractivity contribution < 1.29 is 9.47 Å². The summed E-state index contributed by atoms with van der Waals surface area (Å²) in [5, 5.41) is 0. The lowest BCUT2D eigenvalue weighted by Crippen LogP contribution is -2.68. The fourth-order valence-electron chi connectivity index (χ4n) is 11.8. The smallest absolute Gasteiger partial charge is 0.0722 e. The number of hydrogen-bond donors (Lipinski definition) is 0. The molecule has 0 amide bonds. The third-order valence-corrected chi connectivity index (χ3v) is 12.9. The Morgan fingerprint density at radius 3 is 2.37 bits per heavy atom. The second-order valence-electron chi connectivity index (χ2n) is 14.2. The van der Waals surface area contributed by atoms with Crippen molar-refractivity contribution in [3.05, 3.63) is 41.0 Å². The Bertz CT molecular complexity index is 1070. The van der Waals surface area contributed by atoms with Gasteiger partial charge in [-0.3, -0.25) is 0 Å². The van der Waals surface area contributed by atoms with Gasteiger partial charge in [0.15, 0.2) is 0 Å². The Morgan fingerprint density at radius 1 is 0.842 bits per heavy atom. The summed E-state index contributed by atoms with van der Waals surface area (Å²) in [5.74, 6) is 4.69. The summed E-state index contributed by atoms with van der Waals surface area (Å²) in [7, 11) is 4.32. The first kappa shape index (κ1) is 25.6. The number of hydrogen-bond acceptors (Lipinski definition) is 3. The minimum atomic E-state index is 0.174. The van der Waals surface area contributed by atoms with Crippen LogP contribution in [-0.4, -0.2) is 38.5 Å². The van der Waals surface area contributed by atoms with Crippen molar-refractivity contribution in [2.24, 2.45) is 35.0 Å². The van der Waals surface area contributed by atoms with Crippen LogP contribution in [0.25, 0.3) is 0 Å². The van der Waals surface area contributed by atoms with E-state index in [1.54, 1.807) is 5.56 Å². The van der Waals surface area contributed by atoms with Crippen LogP contribution < -0.4 is 4.90 Å². The maximum Gasteiger partial charge on any atom is 0.0722 e. The zero-order valence-electron chi connectivity index (χ0n) is 24.7. The lowest BCUT2D eigenvalue weighted by Gasteiger charge is -2.68. The molecule has 208 valence electrons. The molecule has 0 radical (unpaired) electrons. The standard InChI is InChI=1S/C33H45NO2.C2H6/c1-31-28-12-11-27-25-10-7-22-19-32(15-4-17-36-32)16-13-24(22)30(25)26(20-33(27,28)29(31)14-18-35-31)21-5-8-23(9-6-21)34(2)3;1-2/h5-6,8-9,22,25-29H,4,7,10-20H2,1-3H3;1-2H3. The molecule has 3 nitrogen and oxygen atoms in total. The normalized spacial score (nSPS) is 46.2. The van der Waals surface area contributed by atoms with Crippen LogP contribution in [0.4, 0.5) is 5.69 Å². The molecule has 2 heterocycles. The highest BCUT2D eigenvalue weighted by Gasteiger charge is 2.77. The van der Waals surface area contributed by atoms with Crippen molar-refractivity contribution in [2.75, 3.05) is 32.2 Å². The quantitative estimate of drug-likeness (QED) is 0.370. The summed E-state index contributed by atoms with van der Waals surface area (Å²) < 4.78 is 13.0. The van der Waals surface area contributed by atoms with E-state index in [9.17, 15) is 0 Å². The van der Waals surface area contributed by atoms with E-state index in [1.807, 2.05) is 25.0 Å². The predicted molar refractivity (Wildman–Crippen MR) is 156 cm³/mol. The largest absolute Gasteiger partial charge is 0.378 e. The maximum atomic E-state index is 6.52. The van der Waals surface area contributed by atoms with Crippen molar-refractivity contribution >= 4 is 5.69 Å². The molecular weight excluding hydrogens is 466 g/mol. The van der Waals surface area contributed by atoms with Crippen LogP contribution in [0, 0.1) is 35.0 Å². The topological polar surface area (TPSA) is 21.7 Å². The first-order valence-corrected chi connectivity index (χ1v) is 16.2. The molecule has 7 aliphatic rings. The molecule has 5 aliphatic carbocycles. The van der Waals surface area contributed by atoms with Crippen molar-refractivity contribution in [1.82, 2.24) is 0 Å². The Kier molecular flexibility index (Phi) is 6.14. The summed E-state index contributed by atoms with van der Waals surface area (Å²) in [4.78, 5) is 2.24. The second kappa shape index (κ2) is 9.10. The van der Waals surface area contributed by atoms with Crippen LogP contribution in [0.15, 0.2) is 35.4 Å². The van der Waals surface area contributed by atoms with E-state index in [0.717, 1.165) is 42.8 Å². The van der Waals surface area contributed by atoms with Crippen LogP contribution in [0.5, 0.6) is 0 Å². The van der Waals surface area contributed by atoms with Gasteiger partial charge in [0.05, 0.1) is 11.2 Å². The van der Waals surface area contributed by atoms with Gasteiger partial charge in [-0.05, 0) is 130 Å². The fraction of sp³-hybridized carbons (Fsp3) is 0.771. The van der Waals surface area contributed by atoms with E-state index in [2.05, 4.69) is 50.2 Å². The van der Waals surface area contributed by atoms with Crippen LogP contribution >= 0.6 is 0 Å². The SMILES string of the molecule is CC.CN(C)c1ccc(C2CC34C(CCC3C3(C)OCCC34)C3CCC4CC5(CCCO5)CCC4=C23)cc1. The molecular formula is C35H51NO2. The molecule has 6 fully saturated rings. The average Bonchev–Trinajstić information content (AvgIpc) is 3.64. The fourth-order valence-corrected chi connectivity index (χ4v) is 11.8. The molecule has 9 atom stereocenters. The van der Waals surface area contributed by atoms with Gasteiger partial charge in [-0.15, -0.1) is 0 Å². The number of allylic oxidation sites excluding steroid dienone is 2. The van der Waals surface area contributed by atoms with Crippen LogP contribution in [-0.2, 0) is 9.47 Å². The molecule has 4 saturated carbocycles. The molecule has 2 spiro atoms. The highest BCUT2D eigenvalue weighted by Crippen LogP contribution is 2.79. The third-order valence-electron chi connectivity index (χ3n) is 12.9. The van der Waals surface area contributed by atoms with Crippen molar-refractivity contribution in [1.29, 1.82) is 0 Å². The molecule has 9 unspecified atom stereocenters. The van der Waals surface area contributed by atoms with Gasteiger partial charge in [0.2, 0.25) is 0 Å². The zero-order chi connectivity index (χ0) is 26.3. The summed E-state index contributed by atoms with van der Waals surface area (Å²) in [5.41, 5.74) is 7.67. The summed E-state index contributed by atoms with van der Waals surface area (Å²) in [6, 6.07) is 9.72. The van der Waals surface area contributed by atoms with Gasteiger partial charge in [0.25, 0.3) is 0 Å². The molecule has 2 aliphatic heterocycles. The third kappa shape index (κ3) is 3.33. The van der Waals surface area contributed by atoms with Gasteiger partial charge in [-0.2, -0.15) is 0 Å².